The van der Waals surface area contributed by atoms with Crippen LogP contribution in [0.5, 0.6) is 0 Å². The summed E-state index contributed by atoms with van der Waals surface area (Å²) < 4.78 is 19.0. The first-order valence-corrected chi connectivity index (χ1v) is 5.60. The first-order chi connectivity index (χ1) is 7.70. The van der Waals surface area contributed by atoms with Crippen molar-refractivity contribution in [2.75, 3.05) is 6.61 Å². The minimum atomic E-state index is -0.617. The fraction of sp³-hybridized carbons (Fsp3) is 0.333. The molecule has 2 rings (SSSR count). The quantitative estimate of drug-likeness (QED) is 0.863. The molecule has 1 aromatic rings. The summed E-state index contributed by atoms with van der Waals surface area (Å²) in [5.74, 6) is 0.216. The summed E-state index contributed by atoms with van der Waals surface area (Å²) in [7, 11) is 0. The lowest BCUT2D eigenvalue weighted by Gasteiger charge is -2.21. The molecule has 1 aliphatic heterocycles. The molecule has 2 nitrogen and oxygen atoms in total. The first kappa shape index (κ1) is 11.4. The lowest BCUT2D eigenvalue weighted by molar-refractivity contribution is 0.175. The minimum Gasteiger partial charge on any atom is -0.496 e. The van der Waals surface area contributed by atoms with E-state index in [0.29, 0.717) is 23.0 Å². The third-order valence-electron chi connectivity index (χ3n) is 2.58. The van der Waals surface area contributed by atoms with Crippen LogP contribution in [0.2, 0.25) is 5.02 Å². The fourth-order valence-electron chi connectivity index (χ4n) is 1.74. The van der Waals surface area contributed by atoms with Gasteiger partial charge in [-0.2, -0.15) is 0 Å². The van der Waals surface area contributed by atoms with Crippen molar-refractivity contribution >= 4 is 11.6 Å². The van der Waals surface area contributed by atoms with Gasteiger partial charge in [-0.1, -0.05) is 17.7 Å². The van der Waals surface area contributed by atoms with Crippen LogP contribution in [-0.2, 0) is 4.74 Å². The number of hydrogen-bond donors (Lipinski definition) is 1. The normalized spacial score (nSPS) is 17.6. The topological polar surface area (TPSA) is 35.2 Å². The molecule has 0 saturated carbocycles. The smallest absolute Gasteiger partial charge is 0.129 e. The summed E-state index contributed by atoms with van der Waals surface area (Å²) in [4.78, 5) is 0. The number of rotatable bonds is 2. The highest BCUT2D eigenvalue weighted by Crippen LogP contribution is 2.30. The van der Waals surface area contributed by atoms with Crippen LogP contribution in [0.1, 0.15) is 24.4 Å². The molecule has 16 heavy (non-hydrogen) atoms. The first-order valence-electron chi connectivity index (χ1n) is 5.22. The van der Waals surface area contributed by atoms with E-state index in [1.54, 1.807) is 12.1 Å². The van der Waals surface area contributed by atoms with Crippen LogP contribution in [-0.4, -0.2) is 6.61 Å². The highest BCUT2D eigenvalue weighted by Gasteiger charge is 2.21. The molecule has 0 radical (unpaired) electrons. The molecule has 0 fully saturated rings. The molecule has 0 aromatic heterocycles. The maximum atomic E-state index is 13.6. The molecule has 1 heterocycles. The van der Waals surface area contributed by atoms with Crippen molar-refractivity contribution in [1.82, 2.24) is 0 Å². The zero-order valence-corrected chi connectivity index (χ0v) is 9.51. The second-order valence-electron chi connectivity index (χ2n) is 3.71. The summed E-state index contributed by atoms with van der Waals surface area (Å²) in [5.41, 5.74) is 6.26. The van der Waals surface area contributed by atoms with Crippen LogP contribution in [0.4, 0.5) is 4.39 Å². The third-order valence-corrected chi connectivity index (χ3v) is 2.91. The molecule has 1 unspecified atom stereocenters. The Balaban J connectivity index is 2.33. The van der Waals surface area contributed by atoms with Crippen molar-refractivity contribution in [3.8, 4) is 0 Å². The van der Waals surface area contributed by atoms with E-state index in [4.69, 9.17) is 22.1 Å². The van der Waals surface area contributed by atoms with Crippen LogP contribution in [0, 0.1) is 5.82 Å². The molecular weight excluding hydrogens is 229 g/mol. The lowest BCUT2D eigenvalue weighted by Crippen LogP contribution is -2.19. The number of ether oxygens (including phenoxy) is 1. The Morgan fingerprint density at radius 1 is 1.44 bits per heavy atom. The zero-order valence-electron chi connectivity index (χ0n) is 8.75. The maximum Gasteiger partial charge on any atom is 0.129 e. The molecule has 1 aromatic carbocycles. The van der Waals surface area contributed by atoms with Crippen LogP contribution in [0.3, 0.4) is 0 Å². The molecule has 0 aliphatic carbocycles. The molecule has 4 heteroatoms. The predicted octanol–water partition coefficient (Wildman–Crippen LogP) is 3.17. The van der Waals surface area contributed by atoms with Gasteiger partial charge in [0.25, 0.3) is 0 Å². The van der Waals surface area contributed by atoms with E-state index in [1.165, 1.54) is 6.07 Å². The Bertz CT molecular complexity index is 399. The van der Waals surface area contributed by atoms with Crippen LogP contribution < -0.4 is 5.73 Å². The zero-order chi connectivity index (χ0) is 11.5. The molecule has 86 valence electrons. The van der Waals surface area contributed by atoms with Crippen molar-refractivity contribution in [2.45, 2.75) is 18.9 Å². The molecule has 1 atom stereocenters. The van der Waals surface area contributed by atoms with Crippen molar-refractivity contribution in [3.63, 3.8) is 0 Å². The number of halogens is 2. The van der Waals surface area contributed by atoms with Gasteiger partial charge >= 0.3 is 0 Å². The molecule has 2 N–H and O–H groups in total. The highest BCUT2D eigenvalue weighted by atomic mass is 35.5. The van der Waals surface area contributed by atoms with Gasteiger partial charge in [0, 0.05) is 10.6 Å². The molecule has 0 saturated heterocycles. The summed E-state index contributed by atoms with van der Waals surface area (Å²) >= 11 is 5.94. The van der Waals surface area contributed by atoms with E-state index in [1.807, 2.05) is 6.08 Å². The van der Waals surface area contributed by atoms with Gasteiger partial charge in [-0.3, -0.25) is 0 Å². The average Bonchev–Trinajstić information content (AvgIpc) is 2.30. The van der Waals surface area contributed by atoms with E-state index in [9.17, 15) is 4.39 Å². The molecule has 0 amide bonds. The van der Waals surface area contributed by atoms with Gasteiger partial charge in [0.2, 0.25) is 0 Å². The molecular formula is C12H13ClFNO. The average molecular weight is 242 g/mol. The van der Waals surface area contributed by atoms with Gasteiger partial charge < -0.3 is 10.5 Å². The standard InChI is InChI=1S/C12H13ClFNO/c13-8-4-3-5-9(14)11(8)12(15)10-6-1-2-7-16-10/h3-6,12H,1-2,7,15H2. The third kappa shape index (κ3) is 2.20. The van der Waals surface area contributed by atoms with Gasteiger partial charge in [0.1, 0.15) is 11.6 Å². The SMILES string of the molecule is NC(C1=CCCCO1)c1c(F)cccc1Cl. The van der Waals surface area contributed by atoms with Gasteiger partial charge in [-0.05, 0) is 31.1 Å². The van der Waals surface area contributed by atoms with Crippen LogP contribution in [0.15, 0.2) is 30.0 Å². The van der Waals surface area contributed by atoms with Crippen molar-refractivity contribution < 1.29 is 9.13 Å². The fourth-order valence-corrected chi connectivity index (χ4v) is 2.02. The molecule has 1 aliphatic rings. The Hall–Kier alpha value is -1.06. The van der Waals surface area contributed by atoms with E-state index in [-0.39, 0.29) is 0 Å². The number of nitrogens with two attached hydrogens (primary N) is 1. The second kappa shape index (κ2) is 4.85. The number of allylic oxidation sites excluding steroid dienone is 1. The molecule has 0 bridgehead atoms. The van der Waals surface area contributed by atoms with E-state index in [0.717, 1.165) is 12.8 Å². The van der Waals surface area contributed by atoms with E-state index in [2.05, 4.69) is 0 Å². The van der Waals surface area contributed by atoms with Crippen molar-refractivity contribution in [1.29, 1.82) is 0 Å². The number of hydrogen-bond acceptors (Lipinski definition) is 2. The molecule has 0 spiro atoms. The van der Waals surface area contributed by atoms with Crippen molar-refractivity contribution in [2.24, 2.45) is 5.73 Å². The predicted molar refractivity (Wildman–Crippen MR) is 61.6 cm³/mol. The van der Waals surface area contributed by atoms with E-state index < -0.39 is 11.9 Å². The monoisotopic (exact) mass is 241 g/mol. The Morgan fingerprint density at radius 3 is 2.88 bits per heavy atom. The lowest BCUT2D eigenvalue weighted by atomic mass is 10.0. The van der Waals surface area contributed by atoms with Gasteiger partial charge in [0.15, 0.2) is 0 Å². The van der Waals surface area contributed by atoms with Crippen LogP contribution in [0.25, 0.3) is 0 Å². The Kier molecular flexibility index (Phi) is 3.46. The van der Waals surface area contributed by atoms with Crippen molar-refractivity contribution in [3.05, 3.63) is 46.4 Å². The van der Waals surface area contributed by atoms with Gasteiger partial charge in [-0.15, -0.1) is 0 Å². The summed E-state index contributed by atoms with van der Waals surface area (Å²) in [6.45, 7) is 0.631. The largest absolute Gasteiger partial charge is 0.496 e. The summed E-state index contributed by atoms with van der Waals surface area (Å²) in [6.07, 6.45) is 3.78. The maximum absolute atomic E-state index is 13.6. The van der Waals surface area contributed by atoms with Gasteiger partial charge in [0.05, 0.1) is 12.6 Å². The Morgan fingerprint density at radius 2 is 2.25 bits per heavy atom. The summed E-state index contributed by atoms with van der Waals surface area (Å²) in [5, 5.41) is 0.336. The number of benzene rings is 1. The highest BCUT2D eigenvalue weighted by molar-refractivity contribution is 6.31. The summed E-state index contributed by atoms with van der Waals surface area (Å²) in [6, 6.07) is 3.92. The van der Waals surface area contributed by atoms with Crippen LogP contribution >= 0.6 is 11.6 Å². The van der Waals surface area contributed by atoms with E-state index >= 15 is 0 Å². The Labute approximate surface area is 98.8 Å². The second-order valence-corrected chi connectivity index (χ2v) is 4.12. The minimum absolute atomic E-state index is 0.303. The van der Waals surface area contributed by atoms with Gasteiger partial charge in [-0.25, -0.2) is 4.39 Å².